The molecule has 0 unspecified atom stereocenters. The van der Waals surface area contributed by atoms with Crippen LogP contribution >= 0.6 is 0 Å². The van der Waals surface area contributed by atoms with Gasteiger partial charge in [0.15, 0.2) is 0 Å². The monoisotopic (exact) mass is 379 g/mol. The minimum atomic E-state index is -0.441. The van der Waals surface area contributed by atoms with Crippen LogP contribution in [0.5, 0.6) is 0 Å². The quantitative estimate of drug-likeness (QED) is 0.746. The molecule has 1 heterocycles. The van der Waals surface area contributed by atoms with Crippen LogP contribution in [-0.2, 0) is 16.8 Å². The molecule has 0 fully saturated rings. The lowest BCUT2D eigenvalue weighted by Crippen LogP contribution is -2.29. The van der Waals surface area contributed by atoms with E-state index in [-0.39, 0.29) is 23.4 Å². The van der Waals surface area contributed by atoms with E-state index < -0.39 is 11.4 Å². The van der Waals surface area contributed by atoms with E-state index >= 15 is 0 Å². The van der Waals surface area contributed by atoms with Gasteiger partial charge < -0.3 is 5.32 Å². The largest absolute Gasteiger partial charge is 0.324 e. The lowest BCUT2D eigenvalue weighted by Gasteiger charge is -2.19. The first-order chi connectivity index (χ1) is 13.2. The van der Waals surface area contributed by atoms with E-state index in [1.165, 1.54) is 18.2 Å². The molecule has 144 valence electrons. The molecule has 0 aliphatic rings. The number of carbonyl (C=O) groups is 1. The standard InChI is InChI=1S/C22H22FN3O2/c1-22(2,3)15-8-10-16(11-9-15)24-20(27)14-26-21(28)13-12-19(25-26)17-6-4-5-7-18(17)23/h4-13H,14H2,1-3H3,(H,24,27). The molecule has 1 N–H and O–H groups in total. The molecule has 1 aromatic heterocycles. The molecular formula is C22H22FN3O2. The van der Waals surface area contributed by atoms with E-state index in [0.717, 1.165) is 10.2 Å². The second-order valence-corrected chi connectivity index (χ2v) is 7.57. The number of rotatable bonds is 4. The number of amides is 1. The van der Waals surface area contributed by atoms with E-state index in [0.29, 0.717) is 11.4 Å². The van der Waals surface area contributed by atoms with Gasteiger partial charge in [0.25, 0.3) is 5.56 Å². The molecule has 1 amide bonds. The van der Waals surface area contributed by atoms with E-state index in [9.17, 15) is 14.0 Å². The second-order valence-electron chi connectivity index (χ2n) is 7.57. The van der Waals surface area contributed by atoms with Gasteiger partial charge in [-0.05, 0) is 41.3 Å². The van der Waals surface area contributed by atoms with Crippen molar-refractivity contribution in [2.75, 3.05) is 5.32 Å². The average Bonchev–Trinajstić information content (AvgIpc) is 2.64. The molecule has 28 heavy (non-hydrogen) atoms. The van der Waals surface area contributed by atoms with Crippen LogP contribution < -0.4 is 10.9 Å². The highest BCUT2D eigenvalue weighted by molar-refractivity contribution is 5.90. The Morgan fingerprint density at radius 3 is 2.36 bits per heavy atom. The van der Waals surface area contributed by atoms with Crippen molar-refractivity contribution in [2.45, 2.75) is 32.7 Å². The molecule has 0 bridgehead atoms. The third kappa shape index (κ3) is 4.52. The normalized spacial score (nSPS) is 11.3. The summed E-state index contributed by atoms with van der Waals surface area (Å²) in [4.78, 5) is 24.4. The molecule has 2 aromatic carbocycles. The SMILES string of the molecule is CC(C)(C)c1ccc(NC(=O)Cn2nc(-c3ccccc3F)ccc2=O)cc1. The Morgan fingerprint density at radius 1 is 1.04 bits per heavy atom. The van der Waals surface area contributed by atoms with Crippen molar-refractivity contribution in [3.63, 3.8) is 0 Å². The van der Waals surface area contributed by atoms with Crippen LogP contribution in [-0.4, -0.2) is 15.7 Å². The second kappa shape index (κ2) is 7.76. The zero-order valence-electron chi connectivity index (χ0n) is 16.1. The van der Waals surface area contributed by atoms with Crippen molar-refractivity contribution in [3.8, 4) is 11.3 Å². The number of hydrogen-bond donors (Lipinski definition) is 1. The van der Waals surface area contributed by atoms with Gasteiger partial charge in [0.05, 0.1) is 5.69 Å². The first-order valence-corrected chi connectivity index (χ1v) is 8.97. The van der Waals surface area contributed by atoms with Crippen LogP contribution in [0.15, 0.2) is 65.5 Å². The highest BCUT2D eigenvalue weighted by Gasteiger charge is 2.14. The van der Waals surface area contributed by atoms with Crippen LogP contribution in [0.1, 0.15) is 26.3 Å². The summed E-state index contributed by atoms with van der Waals surface area (Å²) in [6.45, 7) is 6.08. The fourth-order valence-corrected chi connectivity index (χ4v) is 2.76. The van der Waals surface area contributed by atoms with E-state index in [2.05, 4.69) is 31.2 Å². The summed E-state index contributed by atoms with van der Waals surface area (Å²) in [6, 6.07) is 16.4. The smallest absolute Gasteiger partial charge is 0.267 e. The fraction of sp³-hybridized carbons (Fsp3) is 0.227. The van der Waals surface area contributed by atoms with Gasteiger partial charge in [-0.15, -0.1) is 0 Å². The zero-order chi connectivity index (χ0) is 20.3. The number of carbonyl (C=O) groups excluding carboxylic acids is 1. The Hall–Kier alpha value is -3.28. The average molecular weight is 379 g/mol. The van der Waals surface area contributed by atoms with Gasteiger partial charge in [-0.25, -0.2) is 9.07 Å². The topological polar surface area (TPSA) is 64.0 Å². The molecular weight excluding hydrogens is 357 g/mol. The van der Waals surface area contributed by atoms with Crippen LogP contribution in [0.4, 0.5) is 10.1 Å². The van der Waals surface area contributed by atoms with Gasteiger partial charge in [0.2, 0.25) is 5.91 Å². The van der Waals surface area contributed by atoms with Crippen LogP contribution in [0.25, 0.3) is 11.3 Å². The van der Waals surface area contributed by atoms with Crippen molar-refractivity contribution in [1.82, 2.24) is 9.78 Å². The van der Waals surface area contributed by atoms with Crippen molar-refractivity contribution in [1.29, 1.82) is 0 Å². The Morgan fingerprint density at radius 2 is 1.71 bits per heavy atom. The maximum Gasteiger partial charge on any atom is 0.267 e. The van der Waals surface area contributed by atoms with Gasteiger partial charge in [-0.2, -0.15) is 5.10 Å². The summed E-state index contributed by atoms with van der Waals surface area (Å²) in [7, 11) is 0. The summed E-state index contributed by atoms with van der Waals surface area (Å²) in [5, 5.41) is 6.89. The van der Waals surface area contributed by atoms with Gasteiger partial charge in [0, 0.05) is 17.3 Å². The molecule has 5 nitrogen and oxygen atoms in total. The minimum Gasteiger partial charge on any atom is -0.324 e. The molecule has 0 saturated carbocycles. The number of hydrogen-bond acceptors (Lipinski definition) is 3. The van der Waals surface area contributed by atoms with E-state index in [1.54, 1.807) is 18.2 Å². The predicted molar refractivity (Wildman–Crippen MR) is 108 cm³/mol. The number of anilines is 1. The molecule has 0 saturated heterocycles. The van der Waals surface area contributed by atoms with Gasteiger partial charge >= 0.3 is 0 Å². The summed E-state index contributed by atoms with van der Waals surface area (Å²) >= 11 is 0. The van der Waals surface area contributed by atoms with Crippen LogP contribution in [0.3, 0.4) is 0 Å². The molecule has 3 rings (SSSR count). The summed E-state index contributed by atoms with van der Waals surface area (Å²) < 4.78 is 15.0. The molecule has 0 spiro atoms. The van der Waals surface area contributed by atoms with Crippen LogP contribution in [0, 0.1) is 5.82 Å². The summed E-state index contributed by atoms with van der Waals surface area (Å²) in [6.07, 6.45) is 0. The van der Waals surface area contributed by atoms with Crippen molar-refractivity contribution >= 4 is 11.6 Å². The Balaban J connectivity index is 1.76. The minimum absolute atomic E-state index is 0.0208. The van der Waals surface area contributed by atoms with Crippen molar-refractivity contribution in [3.05, 3.63) is 82.4 Å². The maximum absolute atomic E-state index is 14.0. The molecule has 3 aromatic rings. The summed E-state index contributed by atoms with van der Waals surface area (Å²) in [5.41, 5.74) is 1.94. The number of nitrogens with one attached hydrogen (secondary N) is 1. The molecule has 0 atom stereocenters. The fourth-order valence-electron chi connectivity index (χ4n) is 2.76. The lowest BCUT2D eigenvalue weighted by molar-refractivity contribution is -0.117. The van der Waals surface area contributed by atoms with E-state index in [4.69, 9.17) is 0 Å². The first kappa shape index (κ1) is 19.5. The van der Waals surface area contributed by atoms with Crippen molar-refractivity contribution in [2.24, 2.45) is 0 Å². The molecule has 6 heteroatoms. The lowest BCUT2D eigenvalue weighted by atomic mass is 9.87. The van der Waals surface area contributed by atoms with E-state index in [1.807, 2.05) is 24.3 Å². The highest BCUT2D eigenvalue weighted by Crippen LogP contribution is 2.23. The summed E-state index contributed by atoms with van der Waals surface area (Å²) in [5.74, 6) is -0.826. The zero-order valence-corrected chi connectivity index (χ0v) is 16.1. The predicted octanol–water partition coefficient (Wildman–Crippen LogP) is 3.99. The maximum atomic E-state index is 14.0. The van der Waals surface area contributed by atoms with Gasteiger partial charge in [0.1, 0.15) is 12.4 Å². The third-order valence-electron chi connectivity index (χ3n) is 4.34. The number of halogens is 1. The number of aromatic nitrogens is 2. The Kier molecular flexibility index (Phi) is 5.40. The molecule has 0 aliphatic carbocycles. The highest BCUT2D eigenvalue weighted by atomic mass is 19.1. The van der Waals surface area contributed by atoms with Crippen molar-refractivity contribution < 1.29 is 9.18 Å². The number of benzene rings is 2. The Bertz CT molecular complexity index is 1050. The third-order valence-corrected chi connectivity index (χ3v) is 4.34. The Labute approximate surface area is 162 Å². The first-order valence-electron chi connectivity index (χ1n) is 8.97. The van der Waals surface area contributed by atoms with Gasteiger partial charge in [-0.1, -0.05) is 45.0 Å². The van der Waals surface area contributed by atoms with Crippen LogP contribution in [0.2, 0.25) is 0 Å². The van der Waals surface area contributed by atoms with Gasteiger partial charge in [-0.3, -0.25) is 9.59 Å². The number of nitrogens with zero attached hydrogens (tertiary/aromatic N) is 2. The molecule has 0 aliphatic heterocycles. The molecule has 0 radical (unpaired) electrons.